The van der Waals surface area contributed by atoms with Crippen molar-refractivity contribution in [2.24, 2.45) is 4.99 Å². The Balaban J connectivity index is 1.61. The fourth-order valence-electron chi connectivity index (χ4n) is 3.70. The zero-order valence-electron chi connectivity index (χ0n) is 17.0. The van der Waals surface area contributed by atoms with Crippen molar-refractivity contribution in [1.29, 1.82) is 0 Å². The van der Waals surface area contributed by atoms with Crippen LogP contribution in [0.4, 0.5) is 0 Å². The summed E-state index contributed by atoms with van der Waals surface area (Å²) in [6.45, 7) is 7.94. The molecule has 0 radical (unpaired) electrons. The normalized spacial score (nSPS) is 23.9. The van der Waals surface area contributed by atoms with Crippen molar-refractivity contribution in [1.82, 2.24) is 15.1 Å². The number of morpholine rings is 1. The fourth-order valence-corrected chi connectivity index (χ4v) is 3.70. The Hall–Kier alpha value is -1.63. The predicted octanol–water partition coefficient (Wildman–Crippen LogP) is 2.09. The van der Waals surface area contributed by atoms with Gasteiger partial charge in [-0.1, -0.05) is 24.3 Å². The van der Waals surface area contributed by atoms with Crippen molar-refractivity contribution in [2.45, 2.75) is 45.1 Å². The van der Waals surface area contributed by atoms with Gasteiger partial charge in [-0.25, -0.2) is 4.99 Å². The minimum atomic E-state index is 0.149. The number of hydrogen-bond donors (Lipinski definition) is 1. The maximum atomic E-state index is 5.97. The first kappa shape index (κ1) is 20.1. The van der Waals surface area contributed by atoms with Crippen LogP contribution in [0.25, 0.3) is 0 Å². The van der Waals surface area contributed by atoms with Crippen LogP contribution < -0.4 is 5.32 Å². The summed E-state index contributed by atoms with van der Waals surface area (Å²) in [6.07, 6.45) is 2.63. The van der Waals surface area contributed by atoms with E-state index in [4.69, 9.17) is 14.5 Å². The molecule has 0 aromatic heterocycles. The van der Waals surface area contributed by atoms with Gasteiger partial charge in [-0.2, -0.15) is 0 Å². The first-order valence-corrected chi connectivity index (χ1v) is 10.1. The molecule has 1 aromatic rings. The van der Waals surface area contributed by atoms with Gasteiger partial charge < -0.3 is 24.6 Å². The van der Waals surface area contributed by atoms with E-state index in [9.17, 15) is 0 Å². The van der Waals surface area contributed by atoms with E-state index >= 15 is 0 Å². The van der Waals surface area contributed by atoms with E-state index in [2.05, 4.69) is 60.4 Å². The van der Waals surface area contributed by atoms with Gasteiger partial charge in [0, 0.05) is 32.8 Å². The summed E-state index contributed by atoms with van der Waals surface area (Å²) in [5.74, 6) is 0.973. The molecule has 0 spiro atoms. The lowest BCUT2D eigenvalue weighted by Crippen LogP contribution is -2.53. The van der Waals surface area contributed by atoms with Crippen LogP contribution in [0.3, 0.4) is 0 Å². The average molecular weight is 375 g/mol. The van der Waals surface area contributed by atoms with Gasteiger partial charge in [-0.15, -0.1) is 0 Å². The van der Waals surface area contributed by atoms with E-state index in [0.717, 1.165) is 58.2 Å². The zero-order valence-corrected chi connectivity index (χ0v) is 17.0. The van der Waals surface area contributed by atoms with Gasteiger partial charge in [0.15, 0.2) is 5.96 Å². The van der Waals surface area contributed by atoms with Crippen molar-refractivity contribution in [3.05, 3.63) is 35.4 Å². The van der Waals surface area contributed by atoms with Gasteiger partial charge in [0.1, 0.15) is 6.10 Å². The highest BCUT2D eigenvalue weighted by Crippen LogP contribution is 2.21. The molecule has 3 rings (SSSR count). The number of guanidine groups is 1. The Labute approximate surface area is 163 Å². The molecule has 6 heteroatoms. The van der Waals surface area contributed by atoms with Crippen LogP contribution in [0.2, 0.25) is 0 Å². The van der Waals surface area contributed by atoms with Gasteiger partial charge in [0.2, 0.25) is 0 Å². The molecular weight excluding hydrogens is 340 g/mol. The van der Waals surface area contributed by atoms with E-state index in [-0.39, 0.29) is 12.2 Å². The van der Waals surface area contributed by atoms with E-state index < -0.39 is 0 Å². The van der Waals surface area contributed by atoms with E-state index in [0.29, 0.717) is 6.54 Å². The molecule has 27 heavy (non-hydrogen) atoms. The molecule has 1 aromatic carbocycles. The molecule has 0 aliphatic carbocycles. The zero-order chi connectivity index (χ0) is 19.1. The lowest BCUT2D eigenvalue weighted by Gasteiger charge is -2.37. The largest absolute Gasteiger partial charge is 0.375 e. The minimum absolute atomic E-state index is 0.149. The minimum Gasteiger partial charge on any atom is -0.375 e. The number of benzene rings is 1. The number of hydrogen-bond acceptors (Lipinski definition) is 4. The maximum Gasteiger partial charge on any atom is 0.194 e. The number of rotatable bonds is 6. The Morgan fingerprint density at radius 3 is 2.56 bits per heavy atom. The summed E-state index contributed by atoms with van der Waals surface area (Å²) in [4.78, 5) is 9.38. The lowest BCUT2D eigenvalue weighted by molar-refractivity contribution is -0.0817. The molecular formula is C21H34N4O2. The van der Waals surface area contributed by atoms with Gasteiger partial charge in [-0.3, -0.25) is 0 Å². The summed E-state index contributed by atoms with van der Waals surface area (Å²) in [5.41, 5.74) is 2.56. The molecule has 1 N–H and O–H groups in total. The second kappa shape index (κ2) is 10.1. The molecule has 2 aliphatic rings. The third-order valence-corrected chi connectivity index (χ3v) is 5.04. The first-order chi connectivity index (χ1) is 13.2. The van der Waals surface area contributed by atoms with Crippen LogP contribution in [-0.2, 0) is 22.6 Å². The fraction of sp³-hybridized carbons (Fsp3) is 0.667. The molecule has 2 aliphatic heterocycles. The van der Waals surface area contributed by atoms with Crippen molar-refractivity contribution in [2.75, 3.05) is 46.9 Å². The predicted molar refractivity (Wildman–Crippen MR) is 109 cm³/mol. The highest BCUT2D eigenvalue weighted by Gasteiger charge is 2.32. The van der Waals surface area contributed by atoms with Gasteiger partial charge in [0.25, 0.3) is 0 Å². The maximum absolute atomic E-state index is 5.97. The quantitative estimate of drug-likeness (QED) is 0.610. The molecule has 2 heterocycles. The highest BCUT2D eigenvalue weighted by molar-refractivity contribution is 5.80. The lowest BCUT2D eigenvalue weighted by atomic mass is 10.1. The summed E-state index contributed by atoms with van der Waals surface area (Å²) in [7, 11) is 4.18. The standard InChI is InChI=1S/C21H34N4O2/c1-4-22-21(23-14-17-7-9-18(10-8-17)15-24(2)3)25-11-13-27-20(16-25)19-6-5-12-26-19/h7-10,19-20H,4-6,11-16H2,1-3H3,(H,22,23). The Bertz CT molecular complexity index is 597. The second-order valence-corrected chi connectivity index (χ2v) is 7.63. The number of nitrogens with one attached hydrogen (secondary N) is 1. The van der Waals surface area contributed by atoms with Gasteiger partial charge in [-0.05, 0) is 45.0 Å². The molecule has 2 unspecified atom stereocenters. The molecule has 6 nitrogen and oxygen atoms in total. The van der Waals surface area contributed by atoms with Crippen LogP contribution in [-0.4, -0.2) is 74.9 Å². The highest BCUT2D eigenvalue weighted by atomic mass is 16.5. The van der Waals surface area contributed by atoms with E-state index in [1.165, 1.54) is 11.1 Å². The topological polar surface area (TPSA) is 49.3 Å². The third-order valence-electron chi connectivity index (χ3n) is 5.04. The molecule has 2 atom stereocenters. The van der Waals surface area contributed by atoms with Crippen LogP contribution in [0, 0.1) is 0 Å². The smallest absolute Gasteiger partial charge is 0.194 e. The van der Waals surface area contributed by atoms with Gasteiger partial charge in [0.05, 0.1) is 19.3 Å². The molecule has 0 amide bonds. The Kier molecular flexibility index (Phi) is 7.50. The average Bonchev–Trinajstić information content (AvgIpc) is 3.21. The van der Waals surface area contributed by atoms with E-state index in [1.54, 1.807) is 0 Å². The Morgan fingerprint density at radius 1 is 1.15 bits per heavy atom. The van der Waals surface area contributed by atoms with Crippen molar-refractivity contribution >= 4 is 5.96 Å². The van der Waals surface area contributed by atoms with Crippen molar-refractivity contribution in [3.63, 3.8) is 0 Å². The first-order valence-electron chi connectivity index (χ1n) is 10.1. The molecule has 2 fully saturated rings. The van der Waals surface area contributed by atoms with Crippen LogP contribution in [0.5, 0.6) is 0 Å². The monoisotopic (exact) mass is 374 g/mol. The summed E-state index contributed by atoms with van der Waals surface area (Å²) < 4.78 is 11.8. The SMILES string of the molecule is CCNC(=NCc1ccc(CN(C)C)cc1)N1CCOC(C2CCCO2)C1. The third kappa shape index (κ3) is 5.92. The summed E-state index contributed by atoms with van der Waals surface area (Å²) in [6, 6.07) is 8.75. The number of ether oxygens (including phenoxy) is 2. The van der Waals surface area contributed by atoms with Gasteiger partial charge >= 0.3 is 0 Å². The van der Waals surface area contributed by atoms with Crippen LogP contribution in [0.15, 0.2) is 29.3 Å². The Morgan fingerprint density at radius 2 is 1.89 bits per heavy atom. The number of aliphatic imine (C=N–C) groups is 1. The van der Waals surface area contributed by atoms with Crippen LogP contribution >= 0.6 is 0 Å². The number of nitrogens with zero attached hydrogens (tertiary/aromatic N) is 3. The van der Waals surface area contributed by atoms with Crippen LogP contribution in [0.1, 0.15) is 30.9 Å². The summed E-state index contributed by atoms with van der Waals surface area (Å²) >= 11 is 0. The molecule has 2 saturated heterocycles. The molecule has 0 bridgehead atoms. The van der Waals surface area contributed by atoms with Crippen molar-refractivity contribution < 1.29 is 9.47 Å². The van der Waals surface area contributed by atoms with Crippen molar-refractivity contribution in [3.8, 4) is 0 Å². The summed E-state index contributed by atoms with van der Waals surface area (Å²) in [5, 5.41) is 3.44. The van der Waals surface area contributed by atoms with E-state index in [1.807, 2.05) is 0 Å². The molecule has 0 saturated carbocycles. The second-order valence-electron chi connectivity index (χ2n) is 7.63. The molecule has 150 valence electrons.